The quantitative estimate of drug-likeness (QED) is 0.311. The molecule has 0 bridgehead atoms. The molecule has 1 fully saturated rings. The first kappa shape index (κ1) is 24.9. The third-order valence-electron chi connectivity index (χ3n) is 6.20. The number of rotatable bonds is 8. The molecular formula is C25H24N4O6S2. The van der Waals surface area contributed by atoms with Crippen molar-refractivity contribution in [2.45, 2.75) is 29.0 Å². The van der Waals surface area contributed by atoms with E-state index >= 15 is 0 Å². The van der Waals surface area contributed by atoms with Gasteiger partial charge in [-0.3, -0.25) is 9.52 Å². The summed E-state index contributed by atoms with van der Waals surface area (Å²) in [6.07, 6.45) is 0.106. The van der Waals surface area contributed by atoms with Crippen molar-refractivity contribution in [1.29, 1.82) is 0 Å². The predicted molar refractivity (Wildman–Crippen MR) is 137 cm³/mol. The number of ether oxygens (including phenoxy) is 1. The summed E-state index contributed by atoms with van der Waals surface area (Å²) in [6.45, 7) is 0. The van der Waals surface area contributed by atoms with Crippen LogP contribution in [0.1, 0.15) is 34.7 Å². The number of benzene rings is 3. The number of aromatic amines is 1. The van der Waals surface area contributed by atoms with E-state index in [-0.39, 0.29) is 17.7 Å². The van der Waals surface area contributed by atoms with Crippen LogP contribution < -0.4 is 14.2 Å². The fraction of sp³-hybridized carbons (Fsp3) is 0.200. The van der Waals surface area contributed by atoms with Crippen molar-refractivity contribution in [2.75, 3.05) is 7.11 Å². The van der Waals surface area contributed by atoms with Crippen molar-refractivity contribution in [3.05, 3.63) is 89.7 Å². The molecule has 3 aromatic carbocycles. The number of nitrogens with one attached hydrogen (secondary N) is 3. The summed E-state index contributed by atoms with van der Waals surface area (Å²) in [5.74, 6) is 0.441. The van der Waals surface area contributed by atoms with Crippen LogP contribution >= 0.6 is 0 Å². The van der Waals surface area contributed by atoms with Crippen molar-refractivity contribution in [3.8, 4) is 5.75 Å². The Labute approximate surface area is 214 Å². The summed E-state index contributed by atoms with van der Waals surface area (Å²) >= 11 is 0. The fourth-order valence-electron chi connectivity index (χ4n) is 4.29. The lowest BCUT2D eigenvalue weighted by Crippen LogP contribution is -2.31. The summed E-state index contributed by atoms with van der Waals surface area (Å²) in [5.41, 5.74) is 2.71. The number of amides is 1. The Morgan fingerprint density at radius 1 is 1.05 bits per heavy atom. The summed E-state index contributed by atoms with van der Waals surface area (Å²) in [4.78, 5) is 19.5. The van der Waals surface area contributed by atoms with Gasteiger partial charge in [0.25, 0.3) is 0 Å². The van der Waals surface area contributed by atoms with Gasteiger partial charge in [-0.25, -0.2) is 26.5 Å². The number of para-hydroxylation sites is 2. The van der Waals surface area contributed by atoms with E-state index in [1.165, 1.54) is 19.2 Å². The molecule has 10 nitrogen and oxygen atoms in total. The standard InChI is InChI=1S/C25H24N4O6S2/c1-35-18-10-12-19(13-11-18)36(31,32)28-22(25-26-20-4-2-3-5-21(20)27-25)14-16-6-8-17(9-7-16)23-15-24(30)29-37(23,33)34/h2-13,22-23,28H,14-15H2,1H3,(H,26,27)(H,29,30)/t22-,23?/m0/s1. The minimum atomic E-state index is -3.92. The zero-order chi connectivity index (χ0) is 26.2. The number of nitrogens with zero attached hydrogens (tertiary/aromatic N) is 1. The number of hydrogen-bond acceptors (Lipinski definition) is 7. The van der Waals surface area contributed by atoms with Gasteiger partial charge < -0.3 is 9.72 Å². The Hall–Kier alpha value is -3.74. The van der Waals surface area contributed by atoms with E-state index < -0.39 is 37.2 Å². The van der Waals surface area contributed by atoms with Gasteiger partial charge in [-0.1, -0.05) is 36.4 Å². The van der Waals surface area contributed by atoms with Crippen molar-refractivity contribution in [3.63, 3.8) is 0 Å². The number of imidazole rings is 1. The Morgan fingerprint density at radius 2 is 1.76 bits per heavy atom. The van der Waals surface area contributed by atoms with E-state index in [2.05, 4.69) is 14.7 Å². The third-order valence-corrected chi connectivity index (χ3v) is 9.39. The van der Waals surface area contributed by atoms with E-state index in [1.54, 1.807) is 36.4 Å². The maximum atomic E-state index is 13.3. The summed E-state index contributed by atoms with van der Waals surface area (Å²) < 4.78 is 60.8. The highest BCUT2D eigenvalue weighted by molar-refractivity contribution is 7.90. The van der Waals surface area contributed by atoms with Gasteiger partial charge in [0.15, 0.2) is 0 Å². The second kappa shape index (κ2) is 9.61. The van der Waals surface area contributed by atoms with Gasteiger partial charge in [-0.15, -0.1) is 0 Å². The molecule has 0 radical (unpaired) electrons. The molecule has 1 aliphatic rings. The first-order valence-electron chi connectivity index (χ1n) is 11.4. The third kappa shape index (κ3) is 5.22. The van der Waals surface area contributed by atoms with E-state index in [0.29, 0.717) is 22.7 Å². The molecule has 0 aliphatic carbocycles. The molecule has 1 saturated heterocycles. The van der Waals surface area contributed by atoms with Crippen LogP contribution in [0.4, 0.5) is 0 Å². The van der Waals surface area contributed by atoms with Gasteiger partial charge in [-0.05, 0) is 53.9 Å². The molecule has 1 aliphatic heterocycles. The molecule has 5 rings (SSSR count). The van der Waals surface area contributed by atoms with Crippen LogP contribution in [-0.4, -0.2) is 39.8 Å². The molecule has 1 aromatic heterocycles. The largest absolute Gasteiger partial charge is 0.497 e. The second-order valence-electron chi connectivity index (χ2n) is 8.70. The SMILES string of the molecule is COc1ccc(S(=O)(=O)N[C@@H](Cc2ccc(C3CC(=O)NS3(=O)=O)cc2)c2nc3ccccc3[nH]2)cc1. The summed E-state index contributed by atoms with van der Waals surface area (Å²) in [6, 6.07) is 19.4. The maximum absolute atomic E-state index is 13.3. The minimum Gasteiger partial charge on any atom is -0.497 e. The van der Waals surface area contributed by atoms with E-state index in [1.807, 2.05) is 29.0 Å². The lowest BCUT2D eigenvalue weighted by molar-refractivity contribution is -0.118. The minimum absolute atomic E-state index is 0.0772. The number of methoxy groups -OCH3 is 1. The molecular weight excluding hydrogens is 516 g/mol. The number of hydrogen-bond donors (Lipinski definition) is 3. The topological polar surface area (TPSA) is 147 Å². The average molecular weight is 541 g/mol. The van der Waals surface area contributed by atoms with Crippen molar-refractivity contribution < 1.29 is 26.4 Å². The summed E-state index contributed by atoms with van der Waals surface area (Å²) in [5, 5.41) is -0.950. The van der Waals surface area contributed by atoms with Crippen LogP contribution in [0.25, 0.3) is 11.0 Å². The van der Waals surface area contributed by atoms with Gasteiger partial charge in [0.05, 0.1) is 35.5 Å². The van der Waals surface area contributed by atoms with Crippen LogP contribution in [0, 0.1) is 0 Å². The molecule has 1 amide bonds. The van der Waals surface area contributed by atoms with Gasteiger partial charge in [0.1, 0.15) is 16.8 Å². The van der Waals surface area contributed by atoms with E-state index in [0.717, 1.165) is 11.1 Å². The molecule has 12 heteroatoms. The zero-order valence-corrected chi connectivity index (χ0v) is 21.3. The highest BCUT2D eigenvalue weighted by Gasteiger charge is 2.37. The molecule has 192 valence electrons. The molecule has 2 heterocycles. The molecule has 0 spiro atoms. The molecule has 0 saturated carbocycles. The van der Waals surface area contributed by atoms with Crippen molar-refractivity contribution in [2.24, 2.45) is 0 Å². The summed E-state index contributed by atoms with van der Waals surface area (Å²) in [7, 11) is -6.18. The van der Waals surface area contributed by atoms with Gasteiger partial charge in [0, 0.05) is 0 Å². The highest BCUT2D eigenvalue weighted by atomic mass is 32.2. The lowest BCUT2D eigenvalue weighted by atomic mass is 10.0. The first-order valence-corrected chi connectivity index (χ1v) is 14.4. The zero-order valence-electron chi connectivity index (χ0n) is 19.7. The Morgan fingerprint density at radius 3 is 2.38 bits per heavy atom. The number of fused-ring (bicyclic) bond motifs is 1. The highest BCUT2D eigenvalue weighted by Crippen LogP contribution is 2.31. The van der Waals surface area contributed by atoms with Crippen LogP contribution in [0.5, 0.6) is 5.75 Å². The monoisotopic (exact) mass is 540 g/mol. The fourth-order valence-corrected chi connectivity index (χ4v) is 6.92. The van der Waals surface area contributed by atoms with Gasteiger partial charge in [-0.2, -0.15) is 0 Å². The number of carbonyl (C=O) groups is 1. The molecule has 2 atom stereocenters. The Bertz CT molecular complexity index is 1630. The molecule has 4 aromatic rings. The van der Waals surface area contributed by atoms with Crippen LogP contribution in [0.2, 0.25) is 0 Å². The number of aromatic nitrogens is 2. The normalized spacial score (nSPS) is 18.0. The molecule has 1 unspecified atom stereocenters. The van der Waals surface area contributed by atoms with Crippen LogP contribution in [-0.2, 0) is 31.3 Å². The smallest absolute Gasteiger partial charge is 0.242 e. The Kier molecular flexibility index (Phi) is 6.48. The molecule has 3 N–H and O–H groups in total. The van der Waals surface area contributed by atoms with Crippen LogP contribution in [0.15, 0.2) is 77.7 Å². The van der Waals surface area contributed by atoms with E-state index in [9.17, 15) is 21.6 Å². The average Bonchev–Trinajstić information content (AvgIpc) is 3.43. The van der Waals surface area contributed by atoms with E-state index in [4.69, 9.17) is 4.74 Å². The Balaban J connectivity index is 1.45. The molecule has 37 heavy (non-hydrogen) atoms. The second-order valence-corrected chi connectivity index (χ2v) is 12.3. The number of H-pyrrole nitrogens is 1. The van der Waals surface area contributed by atoms with Crippen molar-refractivity contribution in [1.82, 2.24) is 19.4 Å². The number of sulfonamides is 2. The van der Waals surface area contributed by atoms with Gasteiger partial charge in [0.2, 0.25) is 26.0 Å². The maximum Gasteiger partial charge on any atom is 0.242 e. The first-order chi connectivity index (χ1) is 17.6. The van der Waals surface area contributed by atoms with Crippen molar-refractivity contribution >= 4 is 37.0 Å². The predicted octanol–water partition coefficient (Wildman–Crippen LogP) is 2.72. The van der Waals surface area contributed by atoms with Gasteiger partial charge >= 0.3 is 0 Å². The lowest BCUT2D eigenvalue weighted by Gasteiger charge is -2.18. The number of carbonyl (C=O) groups excluding carboxylic acids is 1. The van der Waals surface area contributed by atoms with Crippen LogP contribution in [0.3, 0.4) is 0 Å².